The highest BCUT2D eigenvalue weighted by Gasteiger charge is 2.44. The number of pyridine rings is 1. The van der Waals surface area contributed by atoms with Crippen molar-refractivity contribution in [3.63, 3.8) is 0 Å². The minimum absolute atomic E-state index is 0.00556. The van der Waals surface area contributed by atoms with E-state index in [9.17, 15) is 35.9 Å². The van der Waals surface area contributed by atoms with Crippen molar-refractivity contribution in [3.05, 3.63) is 98.5 Å². The molecule has 1 aromatic heterocycles. The number of alkyl halides is 6. The molecule has 3 fully saturated rings. The molecule has 2 bridgehead atoms. The van der Waals surface area contributed by atoms with Gasteiger partial charge >= 0.3 is 12.4 Å². The first-order valence-corrected chi connectivity index (χ1v) is 14.2. The SMILES string of the molecule is C=CC1CN2CC[C@H]1CC2[C@H](Nc1c(Nc2cc(C(F)(F)F)cc(C(F)(F)F)c2)c(=O)c1=O)c1ccnc2ccc(OC)cc12. The maximum absolute atomic E-state index is 13.5. The van der Waals surface area contributed by atoms with Crippen molar-refractivity contribution in [2.75, 3.05) is 30.8 Å². The standard InChI is InChI=1S/C32H28F6N4O3/c1-3-16-15-42-9-7-17(16)10-25(42)26(22-6-8-39-24-5-4-21(45-2)14-23(22)24)41-28-27(29(43)30(28)44)40-20-12-18(31(33,34)35)11-19(13-20)32(36,37)38/h3-6,8,11-14,16-17,25-26,40-41H,1,7,9-10,15H2,2H3/t16?,17-,25?,26+/m0/s1. The van der Waals surface area contributed by atoms with E-state index in [2.05, 4.69) is 27.1 Å². The van der Waals surface area contributed by atoms with Gasteiger partial charge in [-0.15, -0.1) is 6.58 Å². The number of piperidine rings is 3. The van der Waals surface area contributed by atoms with E-state index < -0.39 is 51.8 Å². The highest BCUT2D eigenvalue weighted by Crippen LogP contribution is 2.44. The summed E-state index contributed by atoms with van der Waals surface area (Å²) in [5.74, 6) is 1.16. The van der Waals surface area contributed by atoms with Crippen LogP contribution in [0.5, 0.6) is 5.75 Å². The summed E-state index contributed by atoms with van der Waals surface area (Å²) in [6, 6.07) is 7.29. The Morgan fingerprint density at radius 3 is 2.29 bits per heavy atom. The number of nitrogens with zero attached hydrogens (tertiary/aromatic N) is 2. The van der Waals surface area contributed by atoms with Gasteiger partial charge in [-0.3, -0.25) is 19.5 Å². The molecule has 3 aliphatic heterocycles. The first kappa shape index (κ1) is 30.6. The highest BCUT2D eigenvalue weighted by molar-refractivity contribution is 5.85. The van der Waals surface area contributed by atoms with Crippen molar-refractivity contribution in [2.45, 2.75) is 37.3 Å². The van der Waals surface area contributed by atoms with Crippen LogP contribution in [-0.2, 0) is 12.4 Å². The second-order valence-electron chi connectivity index (χ2n) is 11.5. The van der Waals surface area contributed by atoms with Crippen LogP contribution in [0.4, 0.5) is 43.4 Å². The summed E-state index contributed by atoms with van der Waals surface area (Å²) in [5, 5.41) is 6.30. The van der Waals surface area contributed by atoms with Gasteiger partial charge < -0.3 is 15.4 Å². The third-order valence-corrected chi connectivity index (χ3v) is 8.92. The van der Waals surface area contributed by atoms with Crippen molar-refractivity contribution < 1.29 is 31.1 Å². The van der Waals surface area contributed by atoms with Crippen LogP contribution < -0.4 is 26.2 Å². The van der Waals surface area contributed by atoms with Crippen molar-refractivity contribution in [3.8, 4) is 5.75 Å². The van der Waals surface area contributed by atoms with E-state index in [1.54, 1.807) is 30.5 Å². The maximum Gasteiger partial charge on any atom is 0.416 e. The molecule has 0 aliphatic carbocycles. The number of fused-ring (bicyclic) bond motifs is 4. The maximum atomic E-state index is 13.5. The number of methoxy groups -OCH3 is 1. The summed E-state index contributed by atoms with van der Waals surface area (Å²) >= 11 is 0. The van der Waals surface area contributed by atoms with E-state index in [1.165, 1.54) is 7.11 Å². The van der Waals surface area contributed by atoms with Crippen LogP contribution in [0.1, 0.15) is 35.6 Å². The predicted octanol–water partition coefficient (Wildman–Crippen LogP) is 6.67. The molecule has 4 heterocycles. The molecule has 4 aromatic rings. The Balaban J connectivity index is 1.43. The number of benzene rings is 2. The zero-order chi connectivity index (χ0) is 32.3. The number of hydrogen-bond donors (Lipinski definition) is 2. The van der Waals surface area contributed by atoms with Gasteiger partial charge in [0.15, 0.2) is 0 Å². The van der Waals surface area contributed by atoms with E-state index in [1.807, 2.05) is 6.08 Å². The lowest BCUT2D eigenvalue weighted by molar-refractivity contribution is -0.143. The minimum atomic E-state index is -5.08. The number of nitrogens with one attached hydrogen (secondary N) is 2. The van der Waals surface area contributed by atoms with E-state index >= 15 is 0 Å². The molecule has 0 saturated carbocycles. The monoisotopic (exact) mass is 630 g/mol. The van der Waals surface area contributed by atoms with Gasteiger partial charge in [0, 0.05) is 29.9 Å². The molecule has 7 rings (SSSR count). The number of anilines is 3. The second kappa shape index (κ2) is 11.2. The molecular weight excluding hydrogens is 602 g/mol. The van der Waals surface area contributed by atoms with E-state index in [-0.39, 0.29) is 23.7 Å². The van der Waals surface area contributed by atoms with Gasteiger partial charge in [-0.1, -0.05) is 6.08 Å². The highest BCUT2D eigenvalue weighted by atomic mass is 19.4. The Kier molecular flexibility index (Phi) is 7.62. The Morgan fingerprint density at radius 1 is 1.00 bits per heavy atom. The average molecular weight is 631 g/mol. The summed E-state index contributed by atoms with van der Waals surface area (Å²) in [7, 11) is 1.52. The molecule has 13 heteroatoms. The first-order valence-electron chi connectivity index (χ1n) is 14.2. The molecule has 45 heavy (non-hydrogen) atoms. The van der Waals surface area contributed by atoms with E-state index in [4.69, 9.17) is 4.74 Å². The molecule has 0 spiro atoms. The fourth-order valence-electron chi connectivity index (χ4n) is 6.63. The van der Waals surface area contributed by atoms with E-state index in [0.29, 0.717) is 29.3 Å². The third-order valence-electron chi connectivity index (χ3n) is 8.92. The van der Waals surface area contributed by atoms with Gasteiger partial charge in [-0.05, 0) is 79.3 Å². The number of hydrogen-bond acceptors (Lipinski definition) is 7. The number of ether oxygens (including phenoxy) is 1. The van der Waals surface area contributed by atoms with Crippen LogP contribution in [0.25, 0.3) is 10.9 Å². The summed E-state index contributed by atoms with van der Waals surface area (Å²) in [5.41, 5.74) is -4.95. The molecule has 0 radical (unpaired) electrons. The van der Waals surface area contributed by atoms with Gasteiger partial charge in [-0.2, -0.15) is 26.3 Å². The van der Waals surface area contributed by atoms with Crippen molar-refractivity contribution in [2.24, 2.45) is 11.8 Å². The van der Waals surface area contributed by atoms with Crippen LogP contribution >= 0.6 is 0 Å². The van der Waals surface area contributed by atoms with Crippen LogP contribution in [0, 0.1) is 11.8 Å². The van der Waals surface area contributed by atoms with Crippen molar-refractivity contribution >= 4 is 28.0 Å². The van der Waals surface area contributed by atoms with Gasteiger partial charge in [0.1, 0.15) is 17.1 Å². The Morgan fingerprint density at radius 2 is 1.69 bits per heavy atom. The largest absolute Gasteiger partial charge is 0.497 e. The Labute approximate surface area is 253 Å². The molecular formula is C32H28F6N4O3. The lowest BCUT2D eigenvalue weighted by atomic mass is 9.73. The fourth-order valence-corrected chi connectivity index (χ4v) is 6.63. The van der Waals surface area contributed by atoms with Crippen LogP contribution in [-0.4, -0.2) is 36.1 Å². The summed E-state index contributed by atoms with van der Waals surface area (Å²) in [6.07, 6.45) is -4.94. The normalized spacial score (nSPS) is 22.4. The van der Waals surface area contributed by atoms with Crippen molar-refractivity contribution in [1.29, 1.82) is 0 Å². The Hall–Kier alpha value is -4.39. The summed E-state index contributed by atoms with van der Waals surface area (Å²) < 4.78 is 86.4. The van der Waals surface area contributed by atoms with Gasteiger partial charge in [0.05, 0.1) is 29.8 Å². The average Bonchev–Trinajstić information content (AvgIpc) is 3.03. The topological polar surface area (TPSA) is 83.6 Å². The smallest absolute Gasteiger partial charge is 0.416 e. The zero-order valence-corrected chi connectivity index (χ0v) is 23.9. The second-order valence-corrected chi connectivity index (χ2v) is 11.5. The lowest BCUT2D eigenvalue weighted by Gasteiger charge is -2.52. The Bertz CT molecular complexity index is 1810. The minimum Gasteiger partial charge on any atom is -0.497 e. The molecule has 236 valence electrons. The molecule has 5 atom stereocenters. The number of rotatable bonds is 8. The summed E-state index contributed by atoms with van der Waals surface area (Å²) in [4.78, 5) is 32.4. The quantitative estimate of drug-likeness (QED) is 0.128. The zero-order valence-electron chi connectivity index (χ0n) is 23.9. The summed E-state index contributed by atoms with van der Waals surface area (Å²) in [6.45, 7) is 5.48. The number of aromatic nitrogens is 1. The molecule has 7 nitrogen and oxygen atoms in total. The van der Waals surface area contributed by atoms with Gasteiger partial charge in [0.2, 0.25) is 0 Å². The lowest BCUT2D eigenvalue weighted by Crippen LogP contribution is -2.56. The fraction of sp³-hybridized carbons (Fsp3) is 0.344. The van der Waals surface area contributed by atoms with Crippen molar-refractivity contribution in [1.82, 2.24) is 9.88 Å². The van der Waals surface area contributed by atoms with Gasteiger partial charge in [0.25, 0.3) is 10.9 Å². The molecule has 0 amide bonds. The van der Waals surface area contributed by atoms with Gasteiger partial charge in [-0.25, -0.2) is 0 Å². The molecule has 3 saturated heterocycles. The molecule has 2 N–H and O–H groups in total. The van der Waals surface area contributed by atoms with Crippen LogP contribution in [0.3, 0.4) is 0 Å². The van der Waals surface area contributed by atoms with Crippen LogP contribution in [0.2, 0.25) is 0 Å². The molecule has 3 aromatic carbocycles. The molecule has 3 unspecified atom stereocenters. The van der Waals surface area contributed by atoms with Crippen LogP contribution in [0.15, 0.2) is 70.9 Å². The number of halogens is 6. The van der Waals surface area contributed by atoms with E-state index in [0.717, 1.165) is 36.9 Å². The molecule has 3 aliphatic rings. The first-order chi connectivity index (χ1) is 21.3. The predicted molar refractivity (Wildman–Crippen MR) is 158 cm³/mol. The third kappa shape index (κ3) is 5.65.